The highest BCUT2D eigenvalue weighted by molar-refractivity contribution is 6.32. The molecule has 0 heterocycles. The summed E-state index contributed by atoms with van der Waals surface area (Å²) in [5.74, 6) is -0.924. The lowest BCUT2D eigenvalue weighted by Gasteiger charge is -2.11. The molecule has 2 aromatic rings. The first-order valence-electron chi connectivity index (χ1n) is 6.01. The summed E-state index contributed by atoms with van der Waals surface area (Å²) < 4.78 is 31.6. The lowest BCUT2D eigenvalue weighted by atomic mass is 10.1. The minimum Gasteiger partial charge on any atom is -0.487 e. The van der Waals surface area contributed by atoms with Gasteiger partial charge in [-0.25, -0.2) is 8.78 Å². The minimum absolute atomic E-state index is 0.0557. The summed E-state index contributed by atoms with van der Waals surface area (Å²) in [5, 5.41) is 9.75. The number of hydrogen-bond acceptors (Lipinski definition) is 2. The van der Waals surface area contributed by atoms with Crippen molar-refractivity contribution in [2.75, 3.05) is 0 Å². The SMILES string of the molecule is C[C@@H](O)c1ccc(OCc2ccc(F)cc2F)c(Cl)c1. The maximum Gasteiger partial charge on any atom is 0.138 e. The second kappa shape index (κ2) is 6.20. The normalized spacial score (nSPS) is 12.2. The average Bonchev–Trinajstić information content (AvgIpc) is 2.38. The summed E-state index contributed by atoms with van der Waals surface area (Å²) in [6.45, 7) is 1.57. The van der Waals surface area contributed by atoms with Crippen LogP contribution in [0.2, 0.25) is 5.02 Å². The Hall–Kier alpha value is -1.65. The molecule has 0 aliphatic carbocycles. The molecule has 0 saturated carbocycles. The lowest BCUT2D eigenvalue weighted by Crippen LogP contribution is -2.00. The van der Waals surface area contributed by atoms with Crippen LogP contribution in [0.15, 0.2) is 36.4 Å². The van der Waals surface area contributed by atoms with Gasteiger partial charge < -0.3 is 9.84 Å². The highest BCUT2D eigenvalue weighted by atomic mass is 35.5. The van der Waals surface area contributed by atoms with Crippen LogP contribution in [0.5, 0.6) is 5.75 Å². The van der Waals surface area contributed by atoms with Gasteiger partial charge in [0.25, 0.3) is 0 Å². The molecule has 0 aliphatic rings. The van der Waals surface area contributed by atoms with E-state index < -0.39 is 17.7 Å². The molecule has 0 aromatic heterocycles. The van der Waals surface area contributed by atoms with Gasteiger partial charge in [0.2, 0.25) is 0 Å². The molecule has 1 atom stereocenters. The molecule has 0 radical (unpaired) electrons. The summed E-state index contributed by atoms with van der Waals surface area (Å²) >= 11 is 6.01. The summed E-state index contributed by atoms with van der Waals surface area (Å²) in [5.41, 5.74) is 0.900. The Balaban J connectivity index is 2.11. The van der Waals surface area contributed by atoms with E-state index in [4.69, 9.17) is 16.3 Å². The third-order valence-electron chi connectivity index (χ3n) is 2.84. The quantitative estimate of drug-likeness (QED) is 0.914. The van der Waals surface area contributed by atoms with Crippen molar-refractivity contribution < 1.29 is 18.6 Å². The summed E-state index contributed by atoms with van der Waals surface area (Å²) in [6.07, 6.45) is -0.629. The van der Waals surface area contributed by atoms with Crippen molar-refractivity contribution in [3.8, 4) is 5.75 Å². The van der Waals surface area contributed by atoms with Gasteiger partial charge in [0.15, 0.2) is 0 Å². The van der Waals surface area contributed by atoms with Crippen LogP contribution in [-0.4, -0.2) is 5.11 Å². The largest absolute Gasteiger partial charge is 0.487 e. The van der Waals surface area contributed by atoms with E-state index in [0.717, 1.165) is 6.07 Å². The third-order valence-corrected chi connectivity index (χ3v) is 3.13. The highest BCUT2D eigenvalue weighted by Crippen LogP contribution is 2.28. The van der Waals surface area contributed by atoms with Crippen molar-refractivity contribution >= 4 is 11.6 Å². The van der Waals surface area contributed by atoms with Gasteiger partial charge in [0, 0.05) is 11.6 Å². The van der Waals surface area contributed by atoms with E-state index in [9.17, 15) is 13.9 Å². The summed E-state index contributed by atoms with van der Waals surface area (Å²) in [7, 11) is 0. The summed E-state index contributed by atoms with van der Waals surface area (Å²) in [4.78, 5) is 0. The Bertz CT molecular complexity index is 615. The predicted molar refractivity (Wildman–Crippen MR) is 72.8 cm³/mol. The number of ether oxygens (including phenoxy) is 1. The fourth-order valence-electron chi connectivity index (χ4n) is 1.69. The Kier molecular flexibility index (Phi) is 4.57. The van der Waals surface area contributed by atoms with Gasteiger partial charge in [-0.2, -0.15) is 0 Å². The van der Waals surface area contributed by atoms with Crippen molar-refractivity contribution in [3.63, 3.8) is 0 Å². The van der Waals surface area contributed by atoms with E-state index in [0.29, 0.717) is 16.3 Å². The molecule has 0 spiro atoms. The molecule has 106 valence electrons. The third kappa shape index (κ3) is 3.46. The Morgan fingerprint density at radius 3 is 2.55 bits per heavy atom. The van der Waals surface area contributed by atoms with Crippen molar-refractivity contribution in [1.29, 1.82) is 0 Å². The van der Waals surface area contributed by atoms with Crippen molar-refractivity contribution in [1.82, 2.24) is 0 Å². The first-order chi connectivity index (χ1) is 9.47. The average molecular weight is 299 g/mol. The molecule has 0 saturated heterocycles. The van der Waals surface area contributed by atoms with E-state index in [-0.39, 0.29) is 12.2 Å². The lowest BCUT2D eigenvalue weighted by molar-refractivity contribution is 0.199. The number of hydrogen-bond donors (Lipinski definition) is 1. The van der Waals surface area contributed by atoms with E-state index in [1.54, 1.807) is 25.1 Å². The molecule has 1 N–H and O–H groups in total. The van der Waals surface area contributed by atoms with Gasteiger partial charge in [-0.3, -0.25) is 0 Å². The van der Waals surface area contributed by atoms with Crippen LogP contribution in [-0.2, 0) is 6.61 Å². The predicted octanol–water partition coefficient (Wildman–Crippen LogP) is 4.25. The van der Waals surface area contributed by atoms with Crippen LogP contribution < -0.4 is 4.74 Å². The van der Waals surface area contributed by atoms with Crippen molar-refractivity contribution in [2.24, 2.45) is 0 Å². The smallest absolute Gasteiger partial charge is 0.138 e. The number of halogens is 3. The molecule has 0 unspecified atom stereocenters. The fraction of sp³-hybridized carbons (Fsp3) is 0.200. The van der Waals surface area contributed by atoms with E-state index >= 15 is 0 Å². The molecular weight excluding hydrogens is 286 g/mol. The topological polar surface area (TPSA) is 29.5 Å². The van der Waals surface area contributed by atoms with Crippen LogP contribution in [0.3, 0.4) is 0 Å². The molecule has 0 bridgehead atoms. The van der Waals surface area contributed by atoms with E-state index in [1.807, 2.05) is 0 Å². The van der Waals surface area contributed by atoms with Gasteiger partial charge in [0.1, 0.15) is 24.0 Å². The first kappa shape index (κ1) is 14.8. The number of benzene rings is 2. The van der Waals surface area contributed by atoms with Crippen LogP contribution in [0.4, 0.5) is 8.78 Å². The Morgan fingerprint density at radius 1 is 1.20 bits per heavy atom. The zero-order valence-electron chi connectivity index (χ0n) is 10.7. The molecule has 0 aliphatic heterocycles. The number of rotatable bonds is 4. The first-order valence-corrected chi connectivity index (χ1v) is 6.39. The molecule has 5 heteroatoms. The highest BCUT2D eigenvalue weighted by Gasteiger charge is 2.09. The van der Waals surface area contributed by atoms with Gasteiger partial charge in [0.05, 0.1) is 11.1 Å². The molecular formula is C15H13ClF2O2. The standard InChI is InChI=1S/C15H13ClF2O2/c1-9(19)10-3-5-15(13(16)6-10)20-8-11-2-4-12(17)7-14(11)18/h2-7,9,19H,8H2,1H3/t9-/m1/s1. The van der Waals surface area contributed by atoms with Crippen LogP contribution in [0, 0.1) is 11.6 Å². The van der Waals surface area contributed by atoms with E-state index in [2.05, 4.69) is 0 Å². The van der Waals surface area contributed by atoms with Crippen LogP contribution in [0.25, 0.3) is 0 Å². The van der Waals surface area contributed by atoms with E-state index in [1.165, 1.54) is 12.1 Å². The Labute approximate surface area is 120 Å². The molecule has 0 fully saturated rings. The second-order valence-corrected chi connectivity index (χ2v) is 4.80. The van der Waals surface area contributed by atoms with Crippen LogP contribution >= 0.6 is 11.6 Å². The van der Waals surface area contributed by atoms with Gasteiger partial charge >= 0.3 is 0 Å². The zero-order chi connectivity index (χ0) is 14.7. The summed E-state index contributed by atoms with van der Waals surface area (Å²) in [6, 6.07) is 8.15. The minimum atomic E-state index is -0.665. The number of aliphatic hydroxyl groups is 1. The fourth-order valence-corrected chi connectivity index (χ4v) is 1.93. The maximum atomic E-state index is 13.4. The molecule has 2 nitrogen and oxygen atoms in total. The van der Waals surface area contributed by atoms with Gasteiger partial charge in [-0.05, 0) is 36.8 Å². The maximum absolute atomic E-state index is 13.4. The molecule has 20 heavy (non-hydrogen) atoms. The van der Waals surface area contributed by atoms with Gasteiger partial charge in [-0.15, -0.1) is 0 Å². The van der Waals surface area contributed by atoms with Crippen LogP contribution in [0.1, 0.15) is 24.2 Å². The molecule has 2 rings (SSSR count). The molecule has 2 aromatic carbocycles. The molecule has 0 amide bonds. The zero-order valence-corrected chi connectivity index (χ0v) is 11.5. The number of aliphatic hydroxyl groups excluding tert-OH is 1. The van der Waals surface area contributed by atoms with Crippen molar-refractivity contribution in [2.45, 2.75) is 19.6 Å². The second-order valence-electron chi connectivity index (χ2n) is 4.39. The van der Waals surface area contributed by atoms with Crippen molar-refractivity contribution in [3.05, 3.63) is 64.2 Å². The Morgan fingerprint density at radius 2 is 1.95 bits per heavy atom. The monoisotopic (exact) mass is 298 g/mol. The van der Waals surface area contributed by atoms with Gasteiger partial charge in [-0.1, -0.05) is 17.7 Å².